The van der Waals surface area contributed by atoms with E-state index in [2.05, 4.69) is 25.5 Å². The minimum atomic E-state index is -2.73. The van der Waals surface area contributed by atoms with Crippen LogP contribution in [-0.4, -0.2) is 42.1 Å². The van der Waals surface area contributed by atoms with Gasteiger partial charge < -0.3 is 10.1 Å². The summed E-state index contributed by atoms with van der Waals surface area (Å²) in [5, 5.41) is 12.6. The number of alkyl halides is 2. The molecule has 2 bridgehead atoms. The number of rotatable bonds is 1. The summed E-state index contributed by atoms with van der Waals surface area (Å²) in [5.41, 5.74) is 1.65. The van der Waals surface area contributed by atoms with Crippen LogP contribution in [-0.2, 0) is 6.54 Å². The lowest BCUT2D eigenvalue weighted by atomic mass is 10.3. The molecule has 26 heavy (non-hydrogen) atoms. The molecule has 0 radical (unpaired) electrons. The molecule has 0 unspecified atom stereocenters. The van der Waals surface area contributed by atoms with Crippen molar-refractivity contribution in [1.29, 1.82) is 0 Å². The second-order valence-corrected chi connectivity index (χ2v) is 6.82. The third-order valence-electron chi connectivity index (χ3n) is 4.64. The largest absolute Gasteiger partial charge is 0.475 e. The van der Waals surface area contributed by atoms with Crippen LogP contribution in [0, 0.1) is 6.92 Å². The fraction of sp³-hybridized carbons (Fsp3) is 0.467. The molecule has 0 saturated heterocycles. The van der Waals surface area contributed by atoms with E-state index in [1.165, 1.54) is 4.68 Å². The normalized spacial score (nSPS) is 21.0. The minimum Gasteiger partial charge on any atom is -0.475 e. The Morgan fingerprint density at radius 2 is 2.19 bits per heavy atom. The number of halogens is 3. The Labute approximate surface area is 151 Å². The second-order valence-electron chi connectivity index (χ2n) is 6.46. The van der Waals surface area contributed by atoms with Gasteiger partial charge in [0.2, 0.25) is 5.95 Å². The molecule has 1 N–H and O–H groups in total. The standard InChI is InChI=1S/C15H14ClF2N7O/c1-7-10-13(23-25(7)9-5-15(9,17)18)26-4-2-3-24-12-8(11(16)22-24)6-19-14(20-10)21-12/h6,9H,2-5H2,1H3,(H,19,20,21)/t9-/m1/s1. The van der Waals surface area contributed by atoms with E-state index in [1.807, 2.05) is 0 Å². The van der Waals surface area contributed by atoms with Crippen LogP contribution in [0.3, 0.4) is 0 Å². The number of fused-ring (bicyclic) bond motifs is 2. The van der Waals surface area contributed by atoms with Crippen molar-refractivity contribution >= 4 is 34.3 Å². The Bertz CT molecular complexity index is 1030. The molecule has 0 spiro atoms. The van der Waals surface area contributed by atoms with E-state index in [0.717, 1.165) is 0 Å². The van der Waals surface area contributed by atoms with Crippen LogP contribution in [0.15, 0.2) is 6.20 Å². The molecule has 3 aromatic rings. The van der Waals surface area contributed by atoms with Gasteiger partial charge in [0.15, 0.2) is 10.8 Å². The number of hydrogen-bond donors (Lipinski definition) is 1. The van der Waals surface area contributed by atoms with Crippen LogP contribution in [0.25, 0.3) is 11.0 Å². The third kappa shape index (κ3) is 2.32. The molecule has 1 aliphatic heterocycles. The first-order valence-corrected chi connectivity index (χ1v) is 8.57. The molecule has 4 heterocycles. The lowest BCUT2D eigenvalue weighted by molar-refractivity contribution is 0.0975. The molecular weight excluding hydrogens is 368 g/mol. The quantitative estimate of drug-likeness (QED) is 0.697. The first-order chi connectivity index (χ1) is 12.4. The molecule has 11 heteroatoms. The molecule has 3 aromatic heterocycles. The van der Waals surface area contributed by atoms with Crippen molar-refractivity contribution < 1.29 is 13.5 Å². The van der Waals surface area contributed by atoms with Gasteiger partial charge in [-0.1, -0.05) is 11.6 Å². The average Bonchev–Trinajstić information content (AvgIpc) is 2.97. The minimum absolute atomic E-state index is 0.214. The van der Waals surface area contributed by atoms with Gasteiger partial charge in [-0.25, -0.2) is 18.4 Å². The molecular formula is C15H14ClF2N7O. The maximum absolute atomic E-state index is 13.5. The highest BCUT2D eigenvalue weighted by Gasteiger charge is 2.59. The van der Waals surface area contributed by atoms with E-state index in [-0.39, 0.29) is 12.3 Å². The molecule has 1 saturated carbocycles. The molecule has 8 nitrogen and oxygen atoms in total. The number of nitrogens with one attached hydrogen (secondary N) is 1. The van der Waals surface area contributed by atoms with Crippen molar-refractivity contribution in [3.8, 4) is 5.88 Å². The maximum atomic E-state index is 13.5. The average molecular weight is 382 g/mol. The number of anilines is 2. The van der Waals surface area contributed by atoms with Crippen molar-refractivity contribution in [3.05, 3.63) is 17.0 Å². The van der Waals surface area contributed by atoms with Crippen LogP contribution >= 0.6 is 11.6 Å². The van der Waals surface area contributed by atoms with E-state index in [1.54, 1.807) is 17.8 Å². The van der Waals surface area contributed by atoms with Gasteiger partial charge in [-0.15, -0.1) is 5.10 Å². The van der Waals surface area contributed by atoms with Gasteiger partial charge in [-0.2, -0.15) is 10.1 Å². The Balaban J connectivity index is 1.61. The second kappa shape index (κ2) is 5.26. The lowest BCUT2D eigenvalue weighted by Gasteiger charge is -2.07. The van der Waals surface area contributed by atoms with Gasteiger partial charge >= 0.3 is 0 Å². The molecule has 1 atom stereocenters. The van der Waals surface area contributed by atoms with Crippen LogP contribution in [0.2, 0.25) is 5.15 Å². The summed E-state index contributed by atoms with van der Waals surface area (Å²) in [6.07, 6.45) is 2.01. The highest BCUT2D eigenvalue weighted by molar-refractivity contribution is 6.34. The van der Waals surface area contributed by atoms with Crippen LogP contribution in [0.1, 0.15) is 24.6 Å². The Kier molecular flexibility index (Phi) is 3.18. The molecule has 136 valence electrons. The zero-order valence-corrected chi connectivity index (χ0v) is 14.5. The van der Waals surface area contributed by atoms with Gasteiger partial charge in [-0.3, -0.25) is 4.68 Å². The topological polar surface area (TPSA) is 82.7 Å². The summed E-state index contributed by atoms with van der Waals surface area (Å²) in [5.74, 6) is -2.16. The van der Waals surface area contributed by atoms with Gasteiger partial charge in [-0.05, 0) is 6.92 Å². The van der Waals surface area contributed by atoms with Crippen molar-refractivity contribution in [2.75, 3.05) is 11.9 Å². The fourth-order valence-electron chi connectivity index (χ4n) is 3.14. The first-order valence-electron chi connectivity index (χ1n) is 8.20. The smallest absolute Gasteiger partial charge is 0.272 e. The lowest BCUT2D eigenvalue weighted by Crippen LogP contribution is -2.08. The maximum Gasteiger partial charge on any atom is 0.272 e. The summed E-state index contributed by atoms with van der Waals surface area (Å²) in [4.78, 5) is 8.72. The highest BCUT2D eigenvalue weighted by atomic mass is 35.5. The number of nitrogens with zero attached hydrogens (tertiary/aromatic N) is 6. The van der Waals surface area contributed by atoms with Gasteiger partial charge in [0.25, 0.3) is 11.8 Å². The number of aromatic nitrogens is 6. The van der Waals surface area contributed by atoms with Gasteiger partial charge in [0.05, 0.1) is 17.7 Å². The van der Waals surface area contributed by atoms with Crippen molar-refractivity contribution in [2.45, 2.75) is 38.3 Å². The molecule has 1 fully saturated rings. The SMILES string of the molecule is Cc1c2c(nn1[C@@H]1CC1(F)F)OCCCn1nc(Cl)c3cnc(nc31)N2. The summed E-state index contributed by atoms with van der Waals surface area (Å²) in [6, 6.07) is -0.933. The summed E-state index contributed by atoms with van der Waals surface area (Å²) >= 11 is 6.13. The van der Waals surface area contributed by atoms with Crippen molar-refractivity contribution in [2.24, 2.45) is 0 Å². The number of ether oxygens (including phenoxy) is 1. The molecule has 0 amide bonds. The summed E-state index contributed by atoms with van der Waals surface area (Å²) in [7, 11) is 0. The Hall–Kier alpha value is -2.49. The Morgan fingerprint density at radius 3 is 2.96 bits per heavy atom. The predicted octanol–water partition coefficient (Wildman–Crippen LogP) is 3.09. The van der Waals surface area contributed by atoms with Gasteiger partial charge in [0.1, 0.15) is 11.7 Å². The predicted molar refractivity (Wildman–Crippen MR) is 89.3 cm³/mol. The number of hydrogen-bond acceptors (Lipinski definition) is 6. The highest BCUT2D eigenvalue weighted by Crippen LogP contribution is 2.53. The van der Waals surface area contributed by atoms with E-state index >= 15 is 0 Å². The van der Waals surface area contributed by atoms with Crippen molar-refractivity contribution in [3.63, 3.8) is 0 Å². The van der Waals surface area contributed by atoms with Crippen LogP contribution in [0.4, 0.5) is 20.4 Å². The van der Waals surface area contributed by atoms with Gasteiger partial charge in [0, 0.05) is 25.6 Å². The van der Waals surface area contributed by atoms with Crippen LogP contribution in [0.5, 0.6) is 5.88 Å². The zero-order chi connectivity index (χ0) is 18.1. The summed E-state index contributed by atoms with van der Waals surface area (Å²) in [6.45, 7) is 2.62. The molecule has 2 aliphatic rings. The first kappa shape index (κ1) is 15.7. The Morgan fingerprint density at radius 1 is 1.38 bits per heavy atom. The summed E-state index contributed by atoms with van der Waals surface area (Å²) < 4.78 is 35.8. The van der Waals surface area contributed by atoms with Crippen molar-refractivity contribution in [1.82, 2.24) is 29.5 Å². The zero-order valence-electron chi connectivity index (χ0n) is 13.7. The fourth-order valence-corrected chi connectivity index (χ4v) is 3.36. The van der Waals surface area contributed by atoms with E-state index in [4.69, 9.17) is 16.3 Å². The van der Waals surface area contributed by atoms with E-state index < -0.39 is 12.0 Å². The van der Waals surface area contributed by atoms with E-state index in [9.17, 15) is 8.78 Å². The molecule has 5 rings (SSSR count). The van der Waals surface area contributed by atoms with E-state index in [0.29, 0.717) is 53.1 Å². The van der Waals surface area contributed by atoms with Crippen LogP contribution < -0.4 is 10.1 Å². The third-order valence-corrected chi connectivity index (χ3v) is 4.92. The monoisotopic (exact) mass is 381 g/mol. The molecule has 1 aliphatic carbocycles. The number of aryl methyl sites for hydroxylation is 1. The molecule has 0 aromatic carbocycles.